The molecule has 1 aromatic carbocycles. The predicted octanol–water partition coefficient (Wildman–Crippen LogP) is 2.19. The highest BCUT2D eigenvalue weighted by Crippen LogP contribution is 2.34. The smallest absolute Gasteiger partial charge is 0.225 e. The molecule has 0 spiro atoms. The summed E-state index contributed by atoms with van der Waals surface area (Å²) in [5, 5.41) is 20.1. The van der Waals surface area contributed by atoms with Gasteiger partial charge >= 0.3 is 0 Å². The number of anilines is 1. The third-order valence-corrected chi connectivity index (χ3v) is 6.63. The summed E-state index contributed by atoms with van der Waals surface area (Å²) in [5.41, 5.74) is 5.68. The quantitative estimate of drug-likeness (QED) is 0.363. The van der Waals surface area contributed by atoms with Crippen molar-refractivity contribution in [1.29, 1.82) is 0 Å². The summed E-state index contributed by atoms with van der Waals surface area (Å²) in [4.78, 5) is 22.9. The predicted molar refractivity (Wildman–Crippen MR) is 125 cm³/mol. The molecule has 1 saturated heterocycles. The van der Waals surface area contributed by atoms with E-state index in [0.717, 1.165) is 5.56 Å². The van der Waals surface area contributed by atoms with Crippen molar-refractivity contribution in [2.75, 3.05) is 18.9 Å². The number of nitrogens with zero attached hydrogens (tertiary/aromatic N) is 6. The second kappa shape index (κ2) is 7.72. The average Bonchev–Trinajstić information content (AvgIpc) is 3.60. The van der Waals surface area contributed by atoms with Gasteiger partial charge < -0.3 is 20.0 Å². The summed E-state index contributed by atoms with van der Waals surface area (Å²) < 4.78 is 13.6. The first kappa shape index (κ1) is 21.4. The summed E-state index contributed by atoms with van der Waals surface area (Å²) in [6, 6.07) is 12.9. The molecule has 5 heterocycles. The van der Waals surface area contributed by atoms with Gasteiger partial charge in [-0.2, -0.15) is 14.6 Å². The SMILES string of the molecule is C[C@](C(=O)CCC1(O)COC1)(c1ccccc1)n1ncc2c1nc(N)n1nc(-c3ccco3)nc21. The van der Waals surface area contributed by atoms with E-state index in [-0.39, 0.29) is 31.4 Å². The van der Waals surface area contributed by atoms with Crippen LogP contribution in [0.3, 0.4) is 0 Å². The molecule has 0 aliphatic carbocycles. The van der Waals surface area contributed by atoms with Gasteiger partial charge in [0, 0.05) is 6.42 Å². The molecule has 35 heavy (non-hydrogen) atoms. The lowest BCUT2D eigenvalue weighted by molar-refractivity contribution is -0.182. The van der Waals surface area contributed by atoms with Crippen molar-refractivity contribution < 1.29 is 19.1 Å². The number of carbonyl (C=O) groups excluding carboxylic acids is 1. The summed E-state index contributed by atoms with van der Waals surface area (Å²) in [5.74, 6) is 0.841. The number of hydrogen-bond donors (Lipinski definition) is 2. The fraction of sp³-hybridized carbons (Fsp3) is 0.292. The lowest BCUT2D eigenvalue weighted by atomic mass is 9.83. The van der Waals surface area contributed by atoms with Crippen LogP contribution in [-0.2, 0) is 15.1 Å². The molecule has 0 unspecified atom stereocenters. The number of rotatable bonds is 7. The Labute approximate surface area is 199 Å². The van der Waals surface area contributed by atoms with Crippen molar-refractivity contribution in [2.24, 2.45) is 0 Å². The Balaban J connectivity index is 1.50. The van der Waals surface area contributed by atoms with Gasteiger partial charge in [-0.25, -0.2) is 9.67 Å². The second-order valence-electron chi connectivity index (χ2n) is 8.99. The van der Waals surface area contributed by atoms with Crippen LogP contribution in [0.1, 0.15) is 25.3 Å². The Hall–Kier alpha value is -4.09. The minimum absolute atomic E-state index is 0.100. The highest BCUT2D eigenvalue weighted by Gasteiger charge is 2.42. The first-order valence-electron chi connectivity index (χ1n) is 11.2. The Bertz CT molecular complexity index is 1540. The maximum Gasteiger partial charge on any atom is 0.225 e. The van der Waals surface area contributed by atoms with Gasteiger partial charge in [0.05, 0.1) is 31.1 Å². The zero-order valence-corrected chi connectivity index (χ0v) is 19.0. The van der Waals surface area contributed by atoms with E-state index in [0.29, 0.717) is 34.7 Å². The van der Waals surface area contributed by atoms with Crippen LogP contribution in [0, 0.1) is 0 Å². The first-order valence-corrected chi connectivity index (χ1v) is 11.2. The van der Waals surface area contributed by atoms with Gasteiger partial charge in [0.1, 0.15) is 11.1 Å². The number of nitrogen functional groups attached to an aromatic ring is 1. The van der Waals surface area contributed by atoms with Gasteiger partial charge in [0.15, 0.2) is 22.8 Å². The fourth-order valence-electron chi connectivity index (χ4n) is 4.48. The van der Waals surface area contributed by atoms with E-state index in [1.54, 1.807) is 36.2 Å². The number of carbonyl (C=O) groups is 1. The number of Topliss-reactive ketones (excluding diaryl/α,β-unsaturated/α-hetero) is 1. The van der Waals surface area contributed by atoms with Crippen LogP contribution in [0.25, 0.3) is 28.3 Å². The van der Waals surface area contributed by atoms with E-state index in [4.69, 9.17) is 14.9 Å². The van der Waals surface area contributed by atoms with E-state index >= 15 is 0 Å². The number of aromatic nitrogens is 6. The Morgan fingerprint density at radius 3 is 2.66 bits per heavy atom. The van der Waals surface area contributed by atoms with Crippen LogP contribution in [0.4, 0.5) is 5.95 Å². The molecule has 5 aromatic rings. The monoisotopic (exact) mass is 473 g/mol. The third kappa shape index (κ3) is 3.31. The summed E-state index contributed by atoms with van der Waals surface area (Å²) in [7, 11) is 0. The van der Waals surface area contributed by atoms with Gasteiger partial charge in [-0.15, -0.1) is 5.10 Å². The molecule has 0 bridgehead atoms. The fourth-order valence-corrected chi connectivity index (χ4v) is 4.48. The Morgan fingerprint density at radius 1 is 1.17 bits per heavy atom. The highest BCUT2D eigenvalue weighted by atomic mass is 16.5. The molecule has 1 atom stereocenters. The number of benzene rings is 1. The topological polar surface area (TPSA) is 147 Å². The average molecular weight is 473 g/mol. The Kier molecular flexibility index (Phi) is 4.73. The standard InChI is InChI=1S/C24H23N7O4/c1-23(15-6-3-2-4-7-15,18(32)9-10-24(33)13-34-14-24)31-21-16(12-26-31)20-27-19(17-8-5-11-35-17)29-30(20)22(25)28-21/h2-8,11-12,33H,9-10,13-14H2,1H3,(H2,25,28)/t23-/m1/s1. The largest absolute Gasteiger partial charge is 0.461 e. The molecule has 1 fully saturated rings. The van der Waals surface area contributed by atoms with Gasteiger partial charge in [-0.05, 0) is 31.0 Å². The van der Waals surface area contributed by atoms with E-state index in [1.807, 2.05) is 30.3 Å². The van der Waals surface area contributed by atoms with Crippen LogP contribution in [0.15, 0.2) is 59.3 Å². The van der Waals surface area contributed by atoms with E-state index in [1.165, 1.54) is 4.52 Å². The molecule has 0 saturated carbocycles. The van der Waals surface area contributed by atoms with Crippen molar-refractivity contribution in [3.05, 3.63) is 60.5 Å². The molecule has 1 aliphatic heterocycles. The number of fused-ring (bicyclic) bond motifs is 3. The molecule has 0 amide bonds. The van der Waals surface area contributed by atoms with Crippen LogP contribution < -0.4 is 5.73 Å². The van der Waals surface area contributed by atoms with Crippen molar-refractivity contribution >= 4 is 28.4 Å². The van der Waals surface area contributed by atoms with Gasteiger partial charge in [0.25, 0.3) is 0 Å². The number of hydrogen-bond acceptors (Lipinski definition) is 9. The molecular weight excluding hydrogens is 450 g/mol. The molecule has 11 heteroatoms. The normalized spacial score (nSPS) is 16.9. The molecule has 178 valence electrons. The molecular formula is C24H23N7O4. The lowest BCUT2D eigenvalue weighted by Crippen LogP contribution is -2.50. The maximum absolute atomic E-state index is 13.8. The number of ketones is 1. The van der Waals surface area contributed by atoms with Crippen LogP contribution in [-0.4, -0.2) is 59.1 Å². The molecule has 4 aromatic heterocycles. The van der Waals surface area contributed by atoms with Crippen LogP contribution in [0.2, 0.25) is 0 Å². The molecule has 11 nitrogen and oxygen atoms in total. The Morgan fingerprint density at radius 2 is 1.97 bits per heavy atom. The van der Waals surface area contributed by atoms with Gasteiger partial charge in [0.2, 0.25) is 11.8 Å². The van der Waals surface area contributed by atoms with E-state index in [9.17, 15) is 9.90 Å². The van der Waals surface area contributed by atoms with Crippen molar-refractivity contribution in [2.45, 2.75) is 30.9 Å². The molecule has 1 aliphatic rings. The molecule has 0 radical (unpaired) electrons. The number of nitrogens with two attached hydrogens (primary N) is 1. The van der Waals surface area contributed by atoms with Crippen molar-refractivity contribution in [1.82, 2.24) is 29.4 Å². The molecule has 3 N–H and O–H groups in total. The number of ether oxygens (including phenoxy) is 1. The van der Waals surface area contributed by atoms with Gasteiger partial charge in [-0.1, -0.05) is 30.3 Å². The summed E-state index contributed by atoms with van der Waals surface area (Å²) in [6.07, 6.45) is 3.58. The van der Waals surface area contributed by atoms with Crippen molar-refractivity contribution in [3.8, 4) is 11.6 Å². The zero-order valence-electron chi connectivity index (χ0n) is 19.0. The van der Waals surface area contributed by atoms with E-state index < -0.39 is 11.1 Å². The number of furan rings is 1. The minimum atomic E-state index is -1.20. The van der Waals surface area contributed by atoms with Crippen molar-refractivity contribution in [3.63, 3.8) is 0 Å². The number of aliphatic hydroxyl groups is 1. The van der Waals surface area contributed by atoms with Crippen LogP contribution in [0.5, 0.6) is 0 Å². The highest BCUT2D eigenvalue weighted by molar-refractivity contribution is 5.95. The second-order valence-corrected chi connectivity index (χ2v) is 8.99. The maximum atomic E-state index is 13.8. The van der Waals surface area contributed by atoms with Gasteiger partial charge in [-0.3, -0.25) is 4.79 Å². The summed E-state index contributed by atoms with van der Waals surface area (Å²) >= 11 is 0. The summed E-state index contributed by atoms with van der Waals surface area (Å²) in [6.45, 7) is 2.26. The van der Waals surface area contributed by atoms with E-state index in [2.05, 4.69) is 20.2 Å². The first-order chi connectivity index (χ1) is 16.9. The third-order valence-electron chi connectivity index (χ3n) is 6.63. The lowest BCUT2D eigenvalue weighted by Gasteiger charge is -2.37. The minimum Gasteiger partial charge on any atom is -0.461 e. The zero-order chi connectivity index (χ0) is 24.2. The van der Waals surface area contributed by atoms with Crippen LogP contribution >= 0.6 is 0 Å². The molecule has 6 rings (SSSR count).